The van der Waals surface area contributed by atoms with Crippen LogP contribution in [0.15, 0.2) is 18.2 Å². The Morgan fingerprint density at radius 1 is 1.47 bits per heavy atom. The first-order valence-corrected chi connectivity index (χ1v) is 5.78. The highest BCUT2D eigenvalue weighted by Crippen LogP contribution is 2.33. The summed E-state index contributed by atoms with van der Waals surface area (Å²) in [6.45, 7) is 5.48. The van der Waals surface area contributed by atoms with Crippen molar-refractivity contribution >= 4 is 5.69 Å². The van der Waals surface area contributed by atoms with Crippen LogP contribution in [0.1, 0.15) is 37.3 Å². The summed E-state index contributed by atoms with van der Waals surface area (Å²) in [5.74, 6) is 0.683. The minimum Gasteiger partial charge on any atom is -0.399 e. The molecule has 0 aliphatic heterocycles. The maximum Gasteiger partial charge on any atom is 0.0316 e. The van der Waals surface area contributed by atoms with Crippen LogP contribution in [-0.2, 0) is 6.42 Å². The van der Waals surface area contributed by atoms with Crippen LogP contribution in [0.3, 0.4) is 0 Å². The second kappa shape index (κ2) is 4.23. The summed E-state index contributed by atoms with van der Waals surface area (Å²) in [5, 5.41) is 3.51. The van der Waals surface area contributed by atoms with Gasteiger partial charge in [0.2, 0.25) is 0 Å². The number of nitrogen functional groups attached to an aromatic ring is 1. The standard InChI is InChI=1S/C13H20N2/c1-9(2)15-8-11-4-3-10-7-12(14)5-6-13(10)11/h5-7,9,11,15H,3-4,8,14H2,1-2H3. The van der Waals surface area contributed by atoms with E-state index in [1.165, 1.54) is 24.0 Å². The van der Waals surface area contributed by atoms with E-state index in [1.807, 2.05) is 6.07 Å². The number of nitrogens with one attached hydrogen (secondary N) is 1. The number of fused-ring (bicyclic) bond motifs is 1. The third-order valence-corrected chi connectivity index (χ3v) is 3.14. The van der Waals surface area contributed by atoms with E-state index in [0.29, 0.717) is 12.0 Å². The lowest BCUT2D eigenvalue weighted by atomic mass is 10.0. The fraction of sp³-hybridized carbons (Fsp3) is 0.538. The number of hydrogen-bond donors (Lipinski definition) is 2. The minimum absolute atomic E-state index is 0.572. The number of benzene rings is 1. The van der Waals surface area contributed by atoms with Gasteiger partial charge in [0.1, 0.15) is 0 Å². The second-order valence-corrected chi connectivity index (χ2v) is 4.76. The number of anilines is 1. The normalized spacial score (nSPS) is 19.5. The molecule has 2 nitrogen and oxygen atoms in total. The molecule has 1 unspecified atom stereocenters. The van der Waals surface area contributed by atoms with Crippen molar-refractivity contribution in [3.63, 3.8) is 0 Å². The summed E-state index contributed by atoms with van der Waals surface area (Å²) in [6, 6.07) is 6.92. The second-order valence-electron chi connectivity index (χ2n) is 4.76. The van der Waals surface area contributed by atoms with Crippen molar-refractivity contribution in [2.75, 3.05) is 12.3 Å². The molecule has 15 heavy (non-hydrogen) atoms. The van der Waals surface area contributed by atoms with Crippen LogP contribution in [0.25, 0.3) is 0 Å². The van der Waals surface area contributed by atoms with Crippen molar-refractivity contribution in [3.05, 3.63) is 29.3 Å². The van der Waals surface area contributed by atoms with Crippen molar-refractivity contribution in [1.82, 2.24) is 5.32 Å². The van der Waals surface area contributed by atoms with E-state index in [-0.39, 0.29) is 0 Å². The fourth-order valence-electron chi connectivity index (χ4n) is 2.32. The van der Waals surface area contributed by atoms with Crippen molar-refractivity contribution in [2.45, 2.75) is 38.6 Å². The molecule has 0 radical (unpaired) electrons. The molecule has 0 bridgehead atoms. The van der Waals surface area contributed by atoms with Crippen LogP contribution in [0.5, 0.6) is 0 Å². The molecule has 82 valence electrons. The largest absolute Gasteiger partial charge is 0.399 e. The van der Waals surface area contributed by atoms with Gasteiger partial charge >= 0.3 is 0 Å². The van der Waals surface area contributed by atoms with Gasteiger partial charge in [-0.3, -0.25) is 0 Å². The summed E-state index contributed by atoms with van der Waals surface area (Å²) in [6.07, 6.45) is 2.45. The summed E-state index contributed by atoms with van der Waals surface area (Å²) in [5.41, 5.74) is 9.62. The van der Waals surface area contributed by atoms with Gasteiger partial charge in [-0.15, -0.1) is 0 Å². The molecular weight excluding hydrogens is 184 g/mol. The molecule has 1 aliphatic carbocycles. The molecule has 0 fully saturated rings. The van der Waals surface area contributed by atoms with Crippen LogP contribution < -0.4 is 11.1 Å². The van der Waals surface area contributed by atoms with Gasteiger partial charge in [-0.25, -0.2) is 0 Å². The zero-order valence-corrected chi connectivity index (χ0v) is 9.59. The van der Waals surface area contributed by atoms with Gasteiger partial charge in [-0.1, -0.05) is 19.9 Å². The zero-order valence-electron chi connectivity index (χ0n) is 9.59. The lowest BCUT2D eigenvalue weighted by Crippen LogP contribution is -2.27. The molecule has 1 aliphatic rings. The maximum atomic E-state index is 5.78. The van der Waals surface area contributed by atoms with E-state index in [9.17, 15) is 0 Å². The molecule has 0 amide bonds. The molecule has 1 aromatic rings. The quantitative estimate of drug-likeness (QED) is 0.741. The van der Waals surface area contributed by atoms with Gasteiger partial charge in [0.05, 0.1) is 0 Å². The highest BCUT2D eigenvalue weighted by molar-refractivity contribution is 5.48. The Kier molecular flexibility index (Phi) is 2.96. The summed E-state index contributed by atoms with van der Waals surface area (Å²) >= 11 is 0. The van der Waals surface area contributed by atoms with Gasteiger partial charge in [0.15, 0.2) is 0 Å². The summed E-state index contributed by atoms with van der Waals surface area (Å²) < 4.78 is 0. The highest BCUT2D eigenvalue weighted by atomic mass is 14.9. The van der Waals surface area contributed by atoms with Crippen LogP contribution in [0.2, 0.25) is 0 Å². The van der Waals surface area contributed by atoms with Gasteiger partial charge in [0.25, 0.3) is 0 Å². The van der Waals surface area contributed by atoms with Crippen LogP contribution in [0, 0.1) is 0 Å². The van der Waals surface area contributed by atoms with Crippen molar-refractivity contribution < 1.29 is 0 Å². The van der Waals surface area contributed by atoms with Crippen molar-refractivity contribution in [3.8, 4) is 0 Å². The van der Waals surface area contributed by atoms with Crippen LogP contribution in [-0.4, -0.2) is 12.6 Å². The molecule has 0 saturated carbocycles. The Morgan fingerprint density at radius 3 is 3.00 bits per heavy atom. The minimum atomic E-state index is 0.572. The molecule has 1 atom stereocenters. The first kappa shape index (κ1) is 10.5. The molecule has 0 saturated heterocycles. The lowest BCUT2D eigenvalue weighted by Gasteiger charge is -2.15. The highest BCUT2D eigenvalue weighted by Gasteiger charge is 2.21. The number of hydrogen-bond acceptors (Lipinski definition) is 2. The Hall–Kier alpha value is -1.02. The summed E-state index contributed by atoms with van der Waals surface area (Å²) in [7, 11) is 0. The van der Waals surface area contributed by atoms with E-state index in [4.69, 9.17) is 5.73 Å². The van der Waals surface area contributed by atoms with E-state index in [1.54, 1.807) is 0 Å². The Bertz CT molecular complexity index is 344. The molecule has 3 N–H and O–H groups in total. The third kappa shape index (κ3) is 2.32. The SMILES string of the molecule is CC(C)NCC1CCc2cc(N)ccc21. The third-order valence-electron chi connectivity index (χ3n) is 3.14. The molecule has 2 rings (SSSR count). The van der Waals surface area contributed by atoms with E-state index >= 15 is 0 Å². The Balaban J connectivity index is 2.08. The Morgan fingerprint density at radius 2 is 2.27 bits per heavy atom. The van der Waals surface area contributed by atoms with Crippen LogP contribution >= 0.6 is 0 Å². The van der Waals surface area contributed by atoms with E-state index < -0.39 is 0 Å². The average Bonchev–Trinajstić information content (AvgIpc) is 2.57. The molecule has 0 spiro atoms. The van der Waals surface area contributed by atoms with Crippen molar-refractivity contribution in [2.24, 2.45) is 0 Å². The molecular formula is C13H20N2. The number of nitrogens with two attached hydrogens (primary N) is 1. The van der Waals surface area contributed by atoms with E-state index in [0.717, 1.165) is 12.2 Å². The number of aryl methyl sites for hydroxylation is 1. The van der Waals surface area contributed by atoms with Crippen LogP contribution in [0.4, 0.5) is 5.69 Å². The lowest BCUT2D eigenvalue weighted by molar-refractivity contribution is 0.527. The topological polar surface area (TPSA) is 38.0 Å². The fourth-order valence-corrected chi connectivity index (χ4v) is 2.32. The van der Waals surface area contributed by atoms with E-state index in [2.05, 4.69) is 31.3 Å². The molecule has 1 aromatic carbocycles. The monoisotopic (exact) mass is 204 g/mol. The van der Waals surface area contributed by atoms with Gasteiger partial charge in [-0.2, -0.15) is 0 Å². The van der Waals surface area contributed by atoms with Gasteiger partial charge in [0, 0.05) is 18.3 Å². The first-order valence-electron chi connectivity index (χ1n) is 5.78. The van der Waals surface area contributed by atoms with Gasteiger partial charge < -0.3 is 11.1 Å². The first-order chi connectivity index (χ1) is 7.16. The van der Waals surface area contributed by atoms with Crippen molar-refractivity contribution in [1.29, 1.82) is 0 Å². The number of rotatable bonds is 3. The van der Waals surface area contributed by atoms with Gasteiger partial charge in [-0.05, 0) is 42.0 Å². The zero-order chi connectivity index (χ0) is 10.8. The predicted molar refractivity (Wildman–Crippen MR) is 65.1 cm³/mol. The predicted octanol–water partition coefficient (Wildman–Crippen LogP) is 2.30. The molecule has 0 heterocycles. The summed E-state index contributed by atoms with van der Waals surface area (Å²) in [4.78, 5) is 0. The smallest absolute Gasteiger partial charge is 0.0316 e. The average molecular weight is 204 g/mol. The maximum absolute atomic E-state index is 5.78. The Labute approximate surface area is 91.9 Å². The molecule has 2 heteroatoms. The molecule has 0 aromatic heterocycles.